The van der Waals surface area contributed by atoms with Crippen molar-refractivity contribution in [3.05, 3.63) is 105 Å². The minimum Gasteiger partial charge on any atom is -0.261 e. The van der Waals surface area contributed by atoms with E-state index in [1.54, 1.807) is 12.4 Å². The zero-order valence-electron chi connectivity index (χ0n) is 13.7. The van der Waals surface area contributed by atoms with E-state index in [0.29, 0.717) is 15.1 Å². The third-order valence-electron chi connectivity index (χ3n) is 3.70. The largest absolute Gasteiger partial charge is 0.261 e. The normalized spacial score (nSPS) is 12.7. The summed E-state index contributed by atoms with van der Waals surface area (Å²) < 4.78 is 0. The lowest BCUT2D eigenvalue weighted by Crippen LogP contribution is -1.96. The monoisotopic (exact) mass is 400 g/mol. The van der Waals surface area contributed by atoms with Crippen LogP contribution in [-0.2, 0) is 0 Å². The van der Waals surface area contributed by atoms with Gasteiger partial charge in [-0.15, -0.1) is 0 Å². The van der Waals surface area contributed by atoms with Crippen LogP contribution in [0.3, 0.4) is 0 Å². The van der Waals surface area contributed by atoms with E-state index in [4.69, 9.17) is 34.8 Å². The molecule has 1 unspecified atom stereocenters. The number of hydrogen-bond acceptors (Lipinski definition) is 2. The second-order valence-corrected chi connectivity index (χ2v) is 6.72. The summed E-state index contributed by atoms with van der Waals surface area (Å²) in [6, 6.07) is 22.5. The van der Waals surface area contributed by atoms with E-state index in [9.17, 15) is 0 Å². The molecule has 0 saturated carbocycles. The van der Waals surface area contributed by atoms with Gasteiger partial charge in [-0.25, -0.2) is 0 Å². The van der Waals surface area contributed by atoms with Gasteiger partial charge in [-0.05, 0) is 18.2 Å². The molecule has 0 fully saturated rings. The highest BCUT2D eigenvalue weighted by Crippen LogP contribution is 2.27. The minimum absolute atomic E-state index is 0.503. The summed E-state index contributed by atoms with van der Waals surface area (Å²) in [5.41, 5.74) is 2.44. The van der Waals surface area contributed by atoms with E-state index in [-0.39, 0.29) is 0 Å². The molecule has 0 amide bonds. The molecule has 0 aliphatic carbocycles. The van der Waals surface area contributed by atoms with Crippen molar-refractivity contribution in [2.75, 3.05) is 0 Å². The number of rotatable bonds is 5. The molecule has 2 nitrogen and oxygen atoms in total. The first-order valence-corrected chi connectivity index (χ1v) is 9.08. The maximum Gasteiger partial charge on any atom is 0.166 e. The summed E-state index contributed by atoms with van der Waals surface area (Å²) in [5, 5.41) is 1.86. The molecule has 0 aliphatic heterocycles. The van der Waals surface area contributed by atoms with Gasteiger partial charge < -0.3 is 0 Å². The second kappa shape index (κ2) is 9.00. The van der Waals surface area contributed by atoms with Crippen LogP contribution in [0.2, 0.25) is 15.1 Å². The first kappa shape index (κ1) is 18.7. The van der Waals surface area contributed by atoms with Crippen molar-refractivity contribution in [1.82, 2.24) is 0 Å². The number of halogens is 3. The molecule has 0 saturated heterocycles. The molecule has 1 atom stereocenters. The van der Waals surface area contributed by atoms with Crippen LogP contribution in [0.4, 0.5) is 0 Å². The molecule has 5 heteroatoms. The zero-order chi connectivity index (χ0) is 18.4. The number of benzene rings is 3. The second-order valence-electron chi connectivity index (χ2n) is 5.49. The highest BCUT2D eigenvalue weighted by atomic mass is 35.5. The summed E-state index contributed by atoms with van der Waals surface area (Å²) in [7, 11) is 0. The van der Waals surface area contributed by atoms with Crippen LogP contribution in [0.5, 0.6) is 0 Å². The Morgan fingerprint density at radius 3 is 1.46 bits per heavy atom. The van der Waals surface area contributed by atoms with E-state index in [0.717, 1.165) is 16.7 Å². The average Bonchev–Trinajstić information content (AvgIpc) is 2.65. The first-order valence-electron chi connectivity index (χ1n) is 7.95. The van der Waals surface area contributed by atoms with Crippen LogP contribution < -0.4 is 0 Å². The Morgan fingerprint density at radius 1 is 0.577 bits per heavy atom. The van der Waals surface area contributed by atoms with Crippen molar-refractivity contribution in [2.45, 2.75) is 6.17 Å². The van der Waals surface area contributed by atoms with Gasteiger partial charge in [-0.1, -0.05) is 89.4 Å². The van der Waals surface area contributed by atoms with E-state index in [2.05, 4.69) is 9.98 Å². The maximum absolute atomic E-state index is 6.35. The molecule has 3 aromatic carbocycles. The molecule has 3 rings (SSSR count). The smallest absolute Gasteiger partial charge is 0.166 e. The van der Waals surface area contributed by atoms with Crippen LogP contribution in [-0.4, -0.2) is 12.4 Å². The van der Waals surface area contributed by atoms with Crippen LogP contribution in [0, 0.1) is 0 Å². The molecule has 0 spiro atoms. The topological polar surface area (TPSA) is 24.7 Å². The highest BCUT2D eigenvalue weighted by Gasteiger charge is 2.11. The molecular formula is C21H15Cl3N2. The van der Waals surface area contributed by atoms with E-state index >= 15 is 0 Å². The molecule has 26 heavy (non-hydrogen) atoms. The third-order valence-corrected chi connectivity index (χ3v) is 4.74. The van der Waals surface area contributed by atoms with Gasteiger partial charge in [0.05, 0.1) is 0 Å². The molecule has 0 radical (unpaired) electrons. The zero-order valence-corrected chi connectivity index (χ0v) is 16.0. The lowest BCUT2D eigenvalue weighted by Gasteiger charge is -2.10. The summed E-state index contributed by atoms with van der Waals surface area (Å²) in [6.07, 6.45) is 2.91. The SMILES string of the molecule is Clc1ccccc1C=NC(/N=C/c1ccccc1Cl)c1ccccc1Cl. The Bertz CT molecular complexity index is 896. The molecule has 3 aromatic rings. The first-order chi connectivity index (χ1) is 12.6. The van der Waals surface area contributed by atoms with Gasteiger partial charge in [0.2, 0.25) is 0 Å². The molecule has 0 bridgehead atoms. The number of nitrogens with zero attached hydrogens (tertiary/aromatic N) is 2. The third kappa shape index (κ3) is 4.73. The molecule has 0 N–H and O–H groups in total. The van der Waals surface area contributed by atoms with Gasteiger partial charge in [-0.3, -0.25) is 9.98 Å². The van der Waals surface area contributed by atoms with Crippen LogP contribution in [0.15, 0.2) is 82.8 Å². The van der Waals surface area contributed by atoms with Crippen LogP contribution in [0.1, 0.15) is 22.9 Å². The van der Waals surface area contributed by atoms with Gasteiger partial charge in [0.25, 0.3) is 0 Å². The predicted molar refractivity (Wildman–Crippen MR) is 112 cm³/mol. The van der Waals surface area contributed by atoms with Gasteiger partial charge in [-0.2, -0.15) is 0 Å². The van der Waals surface area contributed by atoms with Gasteiger partial charge in [0.15, 0.2) is 6.17 Å². The quantitative estimate of drug-likeness (QED) is 0.416. The Balaban J connectivity index is 1.96. The van der Waals surface area contributed by atoms with E-state index in [1.807, 2.05) is 72.8 Å². The lowest BCUT2D eigenvalue weighted by atomic mass is 10.1. The summed E-state index contributed by atoms with van der Waals surface area (Å²) in [6.45, 7) is 0. The Labute approximate surface area is 167 Å². The fraction of sp³-hybridized carbons (Fsp3) is 0.0476. The molecule has 130 valence electrons. The minimum atomic E-state index is -0.503. The van der Waals surface area contributed by atoms with E-state index < -0.39 is 6.17 Å². The summed E-state index contributed by atoms with van der Waals surface area (Å²) in [4.78, 5) is 9.19. The Kier molecular flexibility index (Phi) is 6.45. The fourth-order valence-corrected chi connectivity index (χ4v) is 2.95. The predicted octanol–water partition coefficient (Wildman–Crippen LogP) is 6.88. The average molecular weight is 402 g/mol. The maximum atomic E-state index is 6.35. The van der Waals surface area contributed by atoms with Crippen LogP contribution >= 0.6 is 34.8 Å². The van der Waals surface area contributed by atoms with Gasteiger partial charge in [0.1, 0.15) is 0 Å². The summed E-state index contributed by atoms with van der Waals surface area (Å²) in [5.74, 6) is 0. The molecule has 0 aromatic heterocycles. The van der Waals surface area contributed by atoms with Crippen molar-refractivity contribution >= 4 is 47.2 Å². The van der Waals surface area contributed by atoms with Gasteiger partial charge in [0, 0.05) is 44.2 Å². The fourth-order valence-electron chi connectivity index (χ4n) is 2.34. The number of aliphatic imine (C=N–C) groups is 2. The van der Waals surface area contributed by atoms with E-state index in [1.165, 1.54) is 0 Å². The van der Waals surface area contributed by atoms with Crippen molar-refractivity contribution < 1.29 is 0 Å². The van der Waals surface area contributed by atoms with Crippen molar-refractivity contribution in [2.24, 2.45) is 9.98 Å². The molecule has 0 aliphatic rings. The summed E-state index contributed by atoms with van der Waals surface area (Å²) >= 11 is 18.8. The van der Waals surface area contributed by atoms with Crippen LogP contribution in [0.25, 0.3) is 0 Å². The Hall–Kier alpha value is -2.13. The molecular weight excluding hydrogens is 387 g/mol. The van der Waals surface area contributed by atoms with Crippen molar-refractivity contribution in [3.63, 3.8) is 0 Å². The standard InChI is InChI=1S/C21H15Cl3N2/c22-18-10-4-1-7-15(18)13-25-21(17-9-3-6-12-20(17)24)26-14-16-8-2-5-11-19(16)23/h1-14,21H/b25-13+,26-14?. The van der Waals surface area contributed by atoms with Crippen molar-refractivity contribution in [1.29, 1.82) is 0 Å². The van der Waals surface area contributed by atoms with Gasteiger partial charge >= 0.3 is 0 Å². The highest BCUT2D eigenvalue weighted by molar-refractivity contribution is 6.33. The lowest BCUT2D eigenvalue weighted by molar-refractivity contribution is 0.787. The Morgan fingerprint density at radius 2 is 1.00 bits per heavy atom. The number of hydrogen-bond donors (Lipinski definition) is 0. The molecule has 0 heterocycles. The van der Waals surface area contributed by atoms with Crippen molar-refractivity contribution in [3.8, 4) is 0 Å².